The number of carbonyl (C=O) groups is 1. The Balaban J connectivity index is 1.74. The highest BCUT2D eigenvalue weighted by Gasteiger charge is 2.22. The third kappa shape index (κ3) is 3.85. The highest BCUT2D eigenvalue weighted by molar-refractivity contribution is 6.30. The molecule has 0 atom stereocenters. The molecular weight excluding hydrogens is 360 g/mol. The van der Waals surface area contributed by atoms with Crippen LogP contribution < -0.4 is 5.32 Å². The standard InChI is InChI=1S/C19H18ClF2N3O/c1-19(2,12-4-3-5-13(20)9-12)10-23-18(26)11-6-7-14-15(8-11)25-17(24-14)16(21)22/h3-9,16H,10H2,1-2H3,(H,23,26)(H,24,25). The van der Waals surface area contributed by atoms with Crippen LogP contribution in [0.3, 0.4) is 0 Å². The first-order chi connectivity index (χ1) is 12.3. The first-order valence-corrected chi connectivity index (χ1v) is 8.46. The molecule has 26 heavy (non-hydrogen) atoms. The second-order valence-corrected chi connectivity index (χ2v) is 7.17. The third-order valence-electron chi connectivity index (χ3n) is 4.27. The van der Waals surface area contributed by atoms with Crippen molar-refractivity contribution in [2.45, 2.75) is 25.7 Å². The van der Waals surface area contributed by atoms with E-state index in [1.165, 1.54) is 6.07 Å². The van der Waals surface area contributed by atoms with Crippen molar-refractivity contribution < 1.29 is 13.6 Å². The second kappa shape index (κ2) is 7.03. The first kappa shape index (κ1) is 18.3. The lowest BCUT2D eigenvalue weighted by Gasteiger charge is -2.26. The van der Waals surface area contributed by atoms with Crippen molar-refractivity contribution in [3.05, 3.63) is 64.4 Å². The summed E-state index contributed by atoms with van der Waals surface area (Å²) in [5.74, 6) is -0.685. The number of nitrogens with one attached hydrogen (secondary N) is 2. The second-order valence-electron chi connectivity index (χ2n) is 6.73. The molecule has 0 spiro atoms. The summed E-state index contributed by atoms with van der Waals surface area (Å²) in [6.45, 7) is 4.41. The van der Waals surface area contributed by atoms with Crippen molar-refractivity contribution in [1.29, 1.82) is 0 Å². The van der Waals surface area contributed by atoms with Gasteiger partial charge >= 0.3 is 0 Å². The molecule has 1 aromatic heterocycles. The molecule has 0 saturated carbocycles. The van der Waals surface area contributed by atoms with E-state index >= 15 is 0 Å². The molecule has 2 N–H and O–H groups in total. The number of rotatable bonds is 5. The molecule has 0 unspecified atom stereocenters. The summed E-state index contributed by atoms with van der Waals surface area (Å²) in [4.78, 5) is 18.8. The maximum atomic E-state index is 12.7. The van der Waals surface area contributed by atoms with Crippen LogP contribution in [0.2, 0.25) is 5.02 Å². The average molecular weight is 378 g/mol. The maximum Gasteiger partial charge on any atom is 0.295 e. The number of aromatic amines is 1. The Morgan fingerprint density at radius 2 is 2.04 bits per heavy atom. The van der Waals surface area contributed by atoms with Crippen molar-refractivity contribution in [2.75, 3.05) is 6.54 Å². The number of H-pyrrole nitrogens is 1. The molecule has 1 heterocycles. The van der Waals surface area contributed by atoms with E-state index in [0.29, 0.717) is 28.2 Å². The molecule has 3 rings (SSSR count). The molecule has 2 aromatic carbocycles. The molecule has 7 heteroatoms. The zero-order chi connectivity index (χ0) is 18.9. The van der Waals surface area contributed by atoms with Gasteiger partial charge < -0.3 is 10.3 Å². The van der Waals surface area contributed by atoms with E-state index in [9.17, 15) is 13.6 Å². The van der Waals surface area contributed by atoms with Crippen LogP contribution in [-0.2, 0) is 5.41 Å². The van der Waals surface area contributed by atoms with Crippen LogP contribution in [0.5, 0.6) is 0 Å². The van der Waals surface area contributed by atoms with Crippen LogP contribution in [0.25, 0.3) is 11.0 Å². The lowest BCUT2D eigenvalue weighted by Crippen LogP contribution is -2.36. The number of amides is 1. The van der Waals surface area contributed by atoms with Gasteiger partial charge in [0.05, 0.1) is 11.0 Å². The average Bonchev–Trinajstić information content (AvgIpc) is 3.03. The normalized spacial score (nSPS) is 11.9. The maximum absolute atomic E-state index is 12.7. The summed E-state index contributed by atoms with van der Waals surface area (Å²) >= 11 is 6.04. The Hall–Kier alpha value is -2.47. The molecule has 0 aliphatic heterocycles. The van der Waals surface area contributed by atoms with Gasteiger partial charge in [-0.1, -0.05) is 37.6 Å². The molecule has 4 nitrogen and oxygen atoms in total. The minimum atomic E-state index is -2.68. The zero-order valence-electron chi connectivity index (χ0n) is 14.3. The molecule has 0 radical (unpaired) electrons. The smallest absolute Gasteiger partial charge is 0.295 e. The van der Waals surface area contributed by atoms with Gasteiger partial charge in [0, 0.05) is 22.5 Å². The number of hydrogen-bond donors (Lipinski definition) is 2. The molecule has 0 bridgehead atoms. The number of carbonyl (C=O) groups excluding carboxylic acids is 1. The van der Waals surface area contributed by atoms with Crippen LogP contribution in [0.4, 0.5) is 8.78 Å². The first-order valence-electron chi connectivity index (χ1n) is 8.08. The van der Waals surface area contributed by atoms with Crippen molar-refractivity contribution >= 4 is 28.5 Å². The van der Waals surface area contributed by atoms with E-state index in [0.717, 1.165) is 5.56 Å². The molecule has 0 aliphatic rings. The lowest BCUT2D eigenvalue weighted by molar-refractivity contribution is 0.0945. The summed E-state index contributed by atoms with van der Waals surface area (Å²) in [7, 11) is 0. The number of hydrogen-bond acceptors (Lipinski definition) is 2. The Labute approximate surface area is 154 Å². The van der Waals surface area contributed by atoms with Crippen LogP contribution in [0.15, 0.2) is 42.5 Å². The van der Waals surface area contributed by atoms with Crippen LogP contribution in [-0.4, -0.2) is 22.4 Å². The van der Waals surface area contributed by atoms with E-state index in [1.54, 1.807) is 18.2 Å². The zero-order valence-corrected chi connectivity index (χ0v) is 15.1. The summed E-state index contributed by atoms with van der Waals surface area (Å²) in [5.41, 5.74) is 1.87. The molecular formula is C19H18ClF2N3O. The van der Waals surface area contributed by atoms with Crippen molar-refractivity contribution in [3.8, 4) is 0 Å². The summed E-state index contributed by atoms with van der Waals surface area (Å²) in [6, 6.07) is 12.1. The third-order valence-corrected chi connectivity index (χ3v) is 4.50. The molecule has 136 valence electrons. The Kier molecular flexibility index (Phi) is 4.96. The highest BCUT2D eigenvalue weighted by atomic mass is 35.5. The quantitative estimate of drug-likeness (QED) is 0.667. The van der Waals surface area contributed by atoms with E-state index in [4.69, 9.17) is 11.6 Å². The van der Waals surface area contributed by atoms with E-state index in [1.807, 2.05) is 32.0 Å². The van der Waals surface area contributed by atoms with Crippen molar-refractivity contribution in [1.82, 2.24) is 15.3 Å². The number of fused-ring (bicyclic) bond motifs is 1. The van der Waals surface area contributed by atoms with Gasteiger partial charge in [0.2, 0.25) is 0 Å². The molecule has 3 aromatic rings. The molecule has 0 saturated heterocycles. The molecule has 0 aliphatic carbocycles. The van der Waals surface area contributed by atoms with Gasteiger partial charge in [0.15, 0.2) is 5.82 Å². The SMILES string of the molecule is CC(C)(CNC(=O)c1ccc2nc(C(F)F)[nH]c2c1)c1cccc(Cl)c1. The monoisotopic (exact) mass is 377 g/mol. The predicted molar refractivity (Wildman–Crippen MR) is 97.9 cm³/mol. The fraction of sp³-hybridized carbons (Fsp3) is 0.263. The van der Waals surface area contributed by atoms with Crippen LogP contribution >= 0.6 is 11.6 Å². The predicted octanol–water partition coefficient (Wildman–Crippen LogP) is 4.86. The van der Waals surface area contributed by atoms with Gasteiger partial charge in [-0.15, -0.1) is 0 Å². The van der Waals surface area contributed by atoms with Crippen molar-refractivity contribution in [2.24, 2.45) is 0 Å². The Morgan fingerprint density at radius 3 is 2.73 bits per heavy atom. The van der Waals surface area contributed by atoms with Gasteiger partial charge in [-0.3, -0.25) is 4.79 Å². The Morgan fingerprint density at radius 1 is 1.27 bits per heavy atom. The molecule has 1 amide bonds. The topological polar surface area (TPSA) is 57.8 Å². The lowest BCUT2D eigenvalue weighted by atomic mass is 9.84. The number of imidazole rings is 1. The van der Waals surface area contributed by atoms with E-state index in [-0.39, 0.29) is 11.3 Å². The van der Waals surface area contributed by atoms with E-state index < -0.39 is 12.2 Å². The summed E-state index contributed by atoms with van der Waals surface area (Å²) in [6.07, 6.45) is -2.68. The van der Waals surface area contributed by atoms with Gasteiger partial charge in [-0.25, -0.2) is 13.8 Å². The number of nitrogens with zero attached hydrogens (tertiary/aromatic N) is 1. The number of benzene rings is 2. The summed E-state index contributed by atoms with van der Waals surface area (Å²) in [5, 5.41) is 3.53. The van der Waals surface area contributed by atoms with Gasteiger partial charge in [0.1, 0.15) is 0 Å². The molecule has 0 fully saturated rings. The minimum absolute atomic E-state index is 0.282. The van der Waals surface area contributed by atoms with E-state index in [2.05, 4.69) is 15.3 Å². The largest absolute Gasteiger partial charge is 0.351 e. The van der Waals surface area contributed by atoms with Gasteiger partial charge in [-0.2, -0.15) is 0 Å². The Bertz CT molecular complexity index is 953. The fourth-order valence-corrected chi connectivity index (χ4v) is 2.88. The van der Waals surface area contributed by atoms with Crippen LogP contribution in [0, 0.1) is 0 Å². The minimum Gasteiger partial charge on any atom is -0.351 e. The van der Waals surface area contributed by atoms with Crippen LogP contribution in [0.1, 0.15) is 42.0 Å². The fourth-order valence-electron chi connectivity index (χ4n) is 2.69. The van der Waals surface area contributed by atoms with Gasteiger partial charge in [0.25, 0.3) is 12.3 Å². The number of aromatic nitrogens is 2. The van der Waals surface area contributed by atoms with Gasteiger partial charge in [-0.05, 0) is 35.9 Å². The summed E-state index contributed by atoms with van der Waals surface area (Å²) < 4.78 is 25.4. The number of alkyl halides is 2. The highest BCUT2D eigenvalue weighted by Crippen LogP contribution is 2.25. The van der Waals surface area contributed by atoms with Crippen molar-refractivity contribution in [3.63, 3.8) is 0 Å². The number of halogens is 3.